The van der Waals surface area contributed by atoms with E-state index in [1.165, 1.54) is 0 Å². The lowest BCUT2D eigenvalue weighted by Gasteiger charge is -2.14. The first-order chi connectivity index (χ1) is 17.5. The van der Waals surface area contributed by atoms with Crippen LogP contribution >= 0.6 is 0 Å². The molecule has 4 heterocycles. The standard InChI is InChI=1S/C29H31N7/c1-7-10-13-22(24-14-11-12-17-30-24)26-19(4)31-29(33-26)28-27-25(34-35-28)16-15-23(32-27)20(8-2)18-21(9-3)36(5)6/h7-18H,3H2,1-2,4-6H3,(H,31,33)(H,34,35)/b10-7-,20-8+,21-18+,22-13-. The van der Waals surface area contributed by atoms with Crippen molar-refractivity contribution in [2.75, 3.05) is 14.1 Å². The fourth-order valence-corrected chi connectivity index (χ4v) is 3.89. The molecule has 2 N–H and O–H groups in total. The summed E-state index contributed by atoms with van der Waals surface area (Å²) in [5.41, 5.74) is 8.65. The lowest BCUT2D eigenvalue weighted by molar-refractivity contribution is 0.530. The number of H-pyrrole nitrogens is 2. The minimum Gasteiger partial charge on any atom is -0.378 e. The Hall–Kier alpha value is -4.52. The van der Waals surface area contributed by atoms with E-state index >= 15 is 0 Å². The molecule has 0 unspecified atom stereocenters. The van der Waals surface area contributed by atoms with Gasteiger partial charge in [-0.05, 0) is 62.8 Å². The average Bonchev–Trinajstić information content (AvgIpc) is 3.48. The molecule has 0 bridgehead atoms. The van der Waals surface area contributed by atoms with Crippen molar-refractivity contribution in [3.63, 3.8) is 0 Å². The SMILES string of the molecule is C=C/C(=C\C(=C/C)c1ccc2[nH]nc(-c3nc(/C(=C\C=C/C)c4ccccn4)c(C)[nH]3)c2n1)N(C)C. The summed E-state index contributed by atoms with van der Waals surface area (Å²) in [6, 6.07) is 9.85. The number of hydrogen-bond acceptors (Lipinski definition) is 5. The van der Waals surface area contributed by atoms with Gasteiger partial charge in [-0.2, -0.15) is 5.10 Å². The predicted octanol–water partition coefficient (Wildman–Crippen LogP) is 6.09. The molecule has 4 aromatic heterocycles. The van der Waals surface area contributed by atoms with Gasteiger partial charge in [0.2, 0.25) is 0 Å². The van der Waals surface area contributed by atoms with Crippen LogP contribution in [0.5, 0.6) is 0 Å². The molecule has 0 spiro atoms. The van der Waals surface area contributed by atoms with Crippen LogP contribution in [0.25, 0.3) is 33.7 Å². The smallest absolute Gasteiger partial charge is 0.161 e. The minimum atomic E-state index is 0.651. The maximum atomic E-state index is 4.96. The molecule has 0 aliphatic heterocycles. The molecular weight excluding hydrogens is 446 g/mol. The Balaban J connectivity index is 1.81. The topological polar surface area (TPSA) is 86.4 Å². The second-order valence-electron chi connectivity index (χ2n) is 8.46. The van der Waals surface area contributed by atoms with Crippen molar-refractivity contribution in [3.8, 4) is 11.5 Å². The van der Waals surface area contributed by atoms with E-state index < -0.39 is 0 Å². The zero-order valence-electron chi connectivity index (χ0n) is 21.4. The summed E-state index contributed by atoms with van der Waals surface area (Å²) in [6.45, 7) is 9.92. The minimum absolute atomic E-state index is 0.651. The Kier molecular flexibility index (Phi) is 7.39. The molecule has 0 aromatic carbocycles. The van der Waals surface area contributed by atoms with Crippen molar-refractivity contribution in [1.82, 2.24) is 35.0 Å². The maximum absolute atomic E-state index is 4.96. The van der Waals surface area contributed by atoms with Crippen LogP contribution in [0.15, 0.2) is 85.3 Å². The van der Waals surface area contributed by atoms with Gasteiger partial charge in [-0.1, -0.05) is 36.9 Å². The monoisotopic (exact) mass is 477 g/mol. The predicted molar refractivity (Wildman–Crippen MR) is 148 cm³/mol. The number of aromatic amines is 2. The first-order valence-corrected chi connectivity index (χ1v) is 11.8. The number of nitrogens with zero attached hydrogens (tertiary/aromatic N) is 5. The number of aromatic nitrogens is 6. The second-order valence-corrected chi connectivity index (χ2v) is 8.46. The Morgan fingerprint density at radius 1 is 1.06 bits per heavy atom. The van der Waals surface area contributed by atoms with Crippen LogP contribution in [0.4, 0.5) is 0 Å². The molecule has 0 radical (unpaired) electrons. The normalized spacial score (nSPS) is 13.1. The molecular formula is C29H31N7. The van der Waals surface area contributed by atoms with E-state index in [9.17, 15) is 0 Å². The van der Waals surface area contributed by atoms with Gasteiger partial charge < -0.3 is 9.88 Å². The Labute approximate surface area is 211 Å². The summed E-state index contributed by atoms with van der Waals surface area (Å²) >= 11 is 0. The van der Waals surface area contributed by atoms with Crippen LogP contribution in [0.3, 0.4) is 0 Å². The highest BCUT2D eigenvalue weighted by Gasteiger charge is 2.19. The number of fused-ring (bicyclic) bond motifs is 1. The van der Waals surface area contributed by atoms with Gasteiger partial charge in [0.25, 0.3) is 0 Å². The van der Waals surface area contributed by atoms with Crippen molar-refractivity contribution in [3.05, 3.63) is 108 Å². The van der Waals surface area contributed by atoms with Crippen molar-refractivity contribution >= 4 is 22.2 Å². The summed E-state index contributed by atoms with van der Waals surface area (Å²) in [7, 11) is 3.98. The van der Waals surface area contributed by atoms with Crippen LogP contribution in [-0.2, 0) is 0 Å². The van der Waals surface area contributed by atoms with E-state index in [1.54, 1.807) is 6.20 Å². The maximum Gasteiger partial charge on any atom is 0.161 e. The van der Waals surface area contributed by atoms with Crippen molar-refractivity contribution in [2.45, 2.75) is 20.8 Å². The number of pyridine rings is 2. The van der Waals surface area contributed by atoms with E-state index in [4.69, 9.17) is 9.97 Å². The third-order valence-corrected chi connectivity index (χ3v) is 5.80. The Morgan fingerprint density at radius 2 is 1.89 bits per heavy atom. The first kappa shape index (κ1) is 24.6. The summed E-state index contributed by atoms with van der Waals surface area (Å²) in [5.74, 6) is 0.651. The highest BCUT2D eigenvalue weighted by atomic mass is 15.2. The molecule has 0 fully saturated rings. The first-order valence-electron chi connectivity index (χ1n) is 11.8. The van der Waals surface area contributed by atoms with Gasteiger partial charge in [-0.25, -0.2) is 9.97 Å². The number of nitrogens with one attached hydrogen (secondary N) is 2. The van der Waals surface area contributed by atoms with Gasteiger partial charge in [-0.15, -0.1) is 0 Å². The average molecular weight is 478 g/mol. The second kappa shape index (κ2) is 10.8. The molecule has 36 heavy (non-hydrogen) atoms. The number of hydrogen-bond donors (Lipinski definition) is 2. The number of imidazole rings is 1. The summed E-state index contributed by atoms with van der Waals surface area (Å²) in [5, 5.41) is 7.65. The molecule has 0 saturated heterocycles. The van der Waals surface area contributed by atoms with Crippen LogP contribution in [-0.4, -0.2) is 49.1 Å². The molecule has 0 atom stereocenters. The highest BCUT2D eigenvalue weighted by Crippen LogP contribution is 2.30. The molecule has 7 nitrogen and oxygen atoms in total. The van der Waals surface area contributed by atoms with E-state index in [2.05, 4.69) is 32.8 Å². The van der Waals surface area contributed by atoms with Crippen LogP contribution in [0.2, 0.25) is 0 Å². The molecule has 182 valence electrons. The third kappa shape index (κ3) is 4.95. The van der Waals surface area contributed by atoms with E-state index in [0.717, 1.165) is 50.7 Å². The molecule has 0 aliphatic carbocycles. The van der Waals surface area contributed by atoms with E-state index in [1.807, 2.05) is 100 Å². The largest absolute Gasteiger partial charge is 0.378 e. The van der Waals surface area contributed by atoms with Crippen LogP contribution in [0.1, 0.15) is 36.6 Å². The molecule has 4 aromatic rings. The number of likely N-dealkylation sites (N-methyl/N-ethyl adjacent to an activating group) is 1. The van der Waals surface area contributed by atoms with Crippen LogP contribution in [0, 0.1) is 6.92 Å². The highest BCUT2D eigenvalue weighted by molar-refractivity contribution is 5.90. The number of allylic oxidation sites excluding steroid dienone is 7. The number of aryl methyl sites for hydroxylation is 1. The van der Waals surface area contributed by atoms with Gasteiger partial charge in [-0.3, -0.25) is 10.1 Å². The third-order valence-electron chi connectivity index (χ3n) is 5.80. The summed E-state index contributed by atoms with van der Waals surface area (Å²) < 4.78 is 0. The quantitative estimate of drug-likeness (QED) is 0.300. The fraction of sp³-hybridized carbons (Fsp3) is 0.172. The Morgan fingerprint density at radius 3 is 2.56 bits per heavy atom. The fourth-order valence-electron chi connectivity index (χ4n) is 3.89. The zero-order chi connectivity index (χ0) is 25.7. The zero-order valence-corrected chi connectivity index (χ0v) is 21.4. The van der Waals surface area contributed by atoms with Gasteiger partial charge in [0.05, 0.1) is 22.6 Å². The van der Waals surface area contributed by atoms with Gasteiger partial charge >= 0.3 is 0 Å². The van der Waals surface area contributed by atoms with Crippen LogP contribution < -0.4 is 0 Å². The summed E-state index contributed by atoms with van der Waals surface area (Å²) in [6.07, 6.45) is 13.7. The molecule has 4 rings (SSSR count). The lowest BCUT2D eigenvalue weighted by Crippen LogP contribution is -2.09. The van der Waals surface area contributed by atoms with E-state index in [-0.39, 0.29) is 0 Å². The van der Waals surface area contributed by atoms with Gasteiger partial charge in [0.15, 0.2) is 11.5 Å². The van der Waals surface area contributed by atoms with Crippen molar-refractivity contribution in [2.24, 2.45) is 0 Å². The molecule has 7 heteroatoms. The lowest BCUT2D eigenvalue weighted by atomic mass is 10.1. The van der Waals surface area contributed by atoms with Gasteiger partial charge in [0.1, 0.15) is 5.52 Å². The van der Waals surface area contributed by atoms with Gasteiger partial charge in [0, 0.05) is 37.3 Å². The Bertz CT molecular complexity index is 1500. The molecule has 0 aliphatic rings. The van der Waals surface area contributed by atoms with Crippen molar-refractivity contribution in [1.29, 1.82) is 0 Å². The molecule has 0 saturated carbocycles. The van der Waals surface area contributed by atoms with E-state index in [0.29, 0.717) is 11.5 Å². The molecule has 0 amide bonds. The number of rotatable bonds is 8. The summed E-state index contributed by atoms with van der Waals surface area (Å²) in [4.78, 5) is 19.9. The van der Waals surface area contributed by atoms with Crippen molar-refractivity contribution < 1.29 is 0 Å².